The lowest BCUT2D eigenvalue weighted by molar-refractivity contribution is 0.0307. The van der Waals surface area contributed by atoms with Gasteiger partial charge in [0, 0.05) is 32.2 Å². The first-order valence-electron chi connectivity index (χ1n) is 8.06. The van der Waals surface area contributed by atoms with E-state index in [0.29, 0.717) is 16.6 Å². The van der Waals surface area contributed by atoms with Crippen LogP contribution >= 0.6 is 23.2 Å². The molecule has 1 fully saturated rings. The van der Waals surface area contributed by atoms with Crippen molar-refractivity contribution in [2.24, 2.45) is 0 Å². The molecule has 3 rings (SSSR count). The van der Waals surface area contributed by atoms with Crippen molar-refractivity contribution in [3.8, 4) is 0 Å². The number of β-amino-alcohol motifs (C(OH)–C–C–N with tert-alkyl or cyclic N) is 1. The fraction of sp³-hybridized carbons (Fsp3) is 0.529. The number of halogens is 2. The average Bonchev–Trinajstić information content (AvgIpc) is 2.46. The number of rotatable bonds is 3. The molecule has 0 spiro atoms. The van der Waals surface area contributed by atoms with Crippen LogP contribution < -0.4 is 4.90 Å². The van der Waals surface area contributed by atoms with Crippen LogP contribution in [-0.4, -0.2) is 57.8 Å². The van der Waals surface area contributed by atoms with Crippen molar-refractivity contribution in [2.75, 3.05) is 31.1 Å². The maximum Gasteiger partial charge on any atom is 0.148 e. The Balaban J connectivity index is 1.80. The number of aliphatic hydroxyl groups is 1. The SMILES string of the molecule is CC1CN(CC(C)(C)O)CCN1c1cnc2cc(Cl)c(Cl)cc2n1. The highest BCUT2D eigenvalue weighted by Crippen LogP contribution is 2.28. The maximum atomic E-state index is 10.0. The zero-order chi connectivity index (χ0) is 17.5. The summed E-state index contributed by atoms with van der Waals surface area (Å²) >= 11 is 12.1. The van der Waals surface area contributed by atoms with E-state index in [1.54, 1.807) is 18.3 Å². The summed E-state index contributed by atoms with van der Waals surface area (Å²) in [5, 5.41) is 11.0. The number of hydrogen-bond acceptors (Lipinski definition) is 5. The molecule has 0 radical (unpaired) electrons. The molecule has 2 heterocycles. The van der Waals surface area contributed by atoms with Crippen LogP contribution in [0, 0.1) is 0 Å². The van der Waals surface area contributed by atoms with Crippen LogP contribution in [0.5, 0.6) is 0 Å². The zero-order valence-corrected chi connectivity index (χ0v) is 15.6. The first-order chi connectivity index (χ1) is 11.2. The van der Waals surface area contributed by atoms with E-state index in [1.165, 1.54) is 0 Å². The Morgan fingerprint density at radius 2 is 1.88 bits per heavy atom. The lowest BCUT2D eigenvalue weighted by Gasteiger charge is -2.42. The molecule has 1 atom stereocenters. The van der Waals surface area contributed by atoms with E-state index >= 15 is 0 Å². The fourth-order valence-electron chi connectivity index (χ4n) is 3.20. The van der Waals surface area contributed by atoms with Crippen LogP contribution in [0.2, 0.25) is 10.0 Å². The quantitative estimate of drug-likeness (QED) is 0.901. The van der Waals surface area contributed by atoms with E-state index in [2.05, 4.69) is 21.7 Å². The summed E-state index contributed by atoms with van der Waals surface area (Å²) < 4.78 is 0. The third-order valence-corrected chi connectivity index (χ3v) is 4.91. The van der Waals surface area contributed by atoms with Crippen LogP contribution in [-0.2, 0) is 0 Å². The largest absolute Gasteiger partial charge is 0.389 e. The van der Waals surface area contributed by atoms with Crippen LogP contribution in [0.1, 0.15) is 20.8 Å². The summed E-state index contributed by atoms with van der Waals surface area (Å²) in [4.78, 5) is 13.7. The van der Waals surface area contributed by atoms with E-state index < -0.39 is 5.60 Å². The van der Waals surface area contributed by atoms with Crippen molar-refractivity contribution in [1.29, 1.82) is 0 Å². The third-order valence-electron chi connectivity index (χ3n) is 4.19. The second kappa shape index (κ2) is 6.64. The molecule has 1 aliphatic rings. The number of fused-ring (bicyclic) bond motifs is 1. The van der Waals surface area contributed by atoms with Gasteiger partial charge in [-0.3, -0.25) is 9.88 Å². The number of anilines is 1. The van der Waals surface area contributed by atoms with Gasteiger partial charge in [-0.2, -0.15) is 0 Å². The van der Waals surface area contributed by atoms with Gasteiger partial charge in [-0.15, -0.1) is 0 Å². The van der Waals surface area contributed by atoms with Crippen molar-refractivity contribution in [3.63, 3.8) is 0 Å². The summed E-state index contributed by atoms with van der Waals surface area (Å²) in [5.74, 6) is 0.844. The third kappa shape index (κ3) is 3.91. The predicted octanol–water partition coefficient (Wildman–Crippen LogP) is 3.22. The maximum absolute atomic E-state index is 10.0. The molecule has 1 aliphatic heterocycles. The molecule has 0 saturated carbocycles. The van der Waals surface area contributed by atoms with Crippen LogP contribution in [0.25, 0.3) is 11.0 Å². The van der Waals surface area contributed by atoms with Crippen molar-refractivity contribution in [3.05, 3.63) is 28.4 Å². The molecule has 0 amide bonds. The molecule has 7 heteroatoms. The lowest BCUT2D eigenvalue weighted by Crippen LogP contribution is -2.55. The van der Waals surface area contributed by atoms with Crippen LogP contribution in [0.3, 0.4) is 0 Å². The Labute approximate surface area is 152 Å². The first kappa shape index (κ1) is 17.7. The van der Waals surface area contributed by atoms with Crippen molar-refractivity contribution in [2.45, 2.75) is 32.4 Å². The second-order valence-electron chi connectivity index (χ2n) is 7.07. The van der Waals surface area contributed by atoms with E-state index in [4.69, 9.17) is 28.2 Å². The molecular weight excluding hydrogens is 347 g/mol. The summed E-state index contributed by atoms with van der Waals surface area (Å²) in [6, 6.07) is 3.78. The normalized spacial score (nSPS) is 19.9. The Morgan fingerprint density at radius 1 is 1.21 bits per heavy atom. The molecule has 1 unspecified atom stereocenters. The molecule has 1 aromatic carbocycles. The second-order valence-corrected chi connectivity index (χ2v) is 7.89. The molecule has 1 N–H and O–H groups in total. The topological polar surface area (TPSA) is 52.5 Å². The number of hydrogen-bond donors (Lipinski definition) is 1. The Kier molecular flexibility index (Phi) is 4.89. The molecule has 24 heavy (non-hydrogen) atoms. The van der Waals surface area contributed by atoms with Crippen LogP contribution in [0.15, 0.2) is 18.3 Å². The summed E-state index contributed by atoms with van der Waals surface area (Å²) in [6.45, 7) is 9.13. The summed E-state index contributed by atoms with van der Waals surface area (Å²) in [6.07, 6.45) is 1.79. The van der Waals surface area contributed by atoms with E-state index in [0.717, 1.165) is 36.5 Å². The molecule has 5 nitrogen and oxygen atoms in total. The van der Waals surface area contributed by atoms with E-state index in [-0.39, 0.29) is 6.04 Å². The van der Waals surface area contributed by atoms with Crippen molar-refractivity contribution < 1.29 is 5.11 Å². The minimum absolute atomic E-state index is 0.288. The van der Waals surface area contributed by atoms with Gasteiger partial charge >= 0.3 is 0 Å². The minimum Gasteiger partial charge on any atom is -0.389 e. The van der Waals surface area contributed by atoms with Gasteiger partial charge in [-0.05, 0) is 32.9 Å². The molecule has 1 saturated heterocycles. The predicted molar refractivity (Wildman–Crippen MR) is 99.1 cm³/mol. The number of piperazine rings is 1. The molecular formula is C17H22Cl2N4O. The molecule has 130 valence electrons. The van der Waals surface area contributed by atoms with Gasteiger partial charge in [0.2, 0.25) is 0 Å². The van der Waals surface area contributed by atoms with Gasteiger partial charge in [0.25, 0.3) is 0 Å². The van der Waals surface area contributed by atoms with Crippen LogP contribution in [0.4, 0.5) is 5.82 Å². The number of nitrogens with zero attached hydrogens (tertiary/aromatic N) is 4. The molecule has 1 aromatic heterocycles. The van der Waals surface area contributed by atoms with E-state index in [1.807, 2.05) is 13.8 Å². The highest BCUT2D eigenvalue weighted by atomic mass is 35.5. The summed E-state index contributed by atoms with van der Waals surface area (Å²) in [7, 11) is 0. The van der Waals surface area contributed by atoms with Crippen molar-refractivity contribution in [1.82, 2.24) is 14.9 Å². The number of aromatic nitrogens is 2. The Hall–Kier alpha value is -1.14. The van der Waals surface area contributed by atoms with Gasteiger partial charge in [0.05, 0.1) is 32.9 Å². The minimum atomic E-state index is -0.680. The average molecular weight is 369 g/mol. The van der Waals surface area contributed by atoms with Gasteiger partial charge in [0.15, 0.2) is 0 Å². The first-order valence-corrected chi connectivity index (χ1v) is 8.82. The fourth-order valence-corrected chi connectivity index (χ4v) is 3.52. The van der Waals surface area contributed by atoms with Gasteiger partial charge in [0.1, 0.15) is 5.82 Å². The van der Waals surface area contributed by atoms with Gasteiger partial charge in [-0.25, -0.2) is 4.98 Å². The Morgan fingerprint density at radius 3 is 2.50 bits per heavy atom. The molecule has 0 bridgehead atoms. The molecule has 0 aliphatic carbocycles. The molecule has 2 aromatic rings. The zero-order valence-electron chi connectivity index (χ0n) is 14.1. The summed E-state index contributed by atoms with van der Waals surface area (Å²) in [5.41, 5.74) is 0.801. The number of benzene rings is 1. The van der Waals surface area contributed by atoms with Gasteiger partial charge in [-0.1, -0.05) is 23.2 Å². The Bertz CT molecular complexity index is 747. The standard InChI is InChI=1S/C17H22Cl2N4O/c1-11-9-22(10-17(2,3)24)4-5-23(11)16-8-20-14-6-12(18)13(19)7-15(14)21-16/h6-8,11,24H,4-5,9-10H2,1-3H3. The highest BCUT2D eigenvalue weighted by molar-refractivity contribution is 6.42. The van der Waals surface area contributed by atoms with Crippen molar-refractivity contribution >= 4 is 40.1 Å². The smallest absolute Gasteiger partial charge is 0.148 e. The lowest BCUT2D eigenvalue weighted by atomic mass is 10.1. The monoisotopic (exact) mass is 368 g/mol. The van der Waals surface area contributed by atoms with E-state index in [9.17, 15) is 5.11 Å². The highest BCUT2D eigenvalue weighted by Gasteiger charge is 2.28. The van der Waals surface area contributed by atoms with Gasteiger partial charge < -0.3 is 10.0 Å².